The molecule has 1 N–H and O–H groups in total. The van der Waals surface area contributed by atoms with Gasteiger partial charge in [-0.05, 0) is 12.8 Å². The van der Waals surface area contributed by atoms with Crippen LogP contribution in [0.2, 0.25) is 5.02 Å². The highest BCUT2D eigenvalue weighted by atomic mass is 35.5. The Morgan fingerprint density at radius 3 is 2.90 bits per heavy atom. The molecule has 0 unspecified atom stereocenters. The third-order valence-corrected chi connectivity index (χ3v) is 3.64. The molecular formula is C12H15ClN6O2. The summed E-state index contributed by atoms with van der Waals surface area (Å²) in [7, 11) is 1.70. The summed E-state index contributed by atoms with van der Waals surface area (Å²) in [6.45, 7) is 0.521. The second-order valence-corrected chi connectivity index (χ2v) is 5.42. The van der Waals surface area contributed by atoms with Crippen LogP contribution in [0.15, 0.2) is 11.0 Å². The topological polar surface area (TPSA) is 86.7 Å². The van der Waals surface area contributed by atoms with E-state index in [4.69, 9.17) is 11.6 Å². The minimum Gasteiger partial charge on any atom is -0.306 e. The normalized spacial score (nSPS) is 14.0. The van der Waals surface area contributed by atoms with Crippen molar-refractivity contribution in [3.63, 3.8) is 0 Å². The Bertz CT molecular complexity index is 744. The molecule has 0 aliphatic carbocycles. The molecule has 9 heteroatoms. The van der Waals surface area contributed by atoms with Gasteiger partial charge in [0.25, 0.3) is 0 Å². The minimum absolute atomic E-state index is 0.147. The number of hydrogen-bond donors (Lipinski definition) is 1. The van der Waals surface area contributed by atoms with Crippen LogP contribution in [0.1, 0.15) is 18.7 Å². The number of hydrogen-bond acceptors (Lipinski definition) is 4. The van der Waals surface area contributed by atoms with Crippen LogP contribution in [0.5, 0.6) is 0 Å². The highest BCUT2D eigenvalue weighted by Gasteiger charge is 2.18. The molecule has 1 amide bonds. The summed E-state index contributed by atoms with van der Waals surface area (Å²) < 4.78 is 4.32. The van der Waals surface area contributed by atoms with Crippen molar-refractivity contribution in [1.29, 1.82) is 0 Å². The molecule has 1 aliphatic heterocycles. The van der Waals surface area contributed by atoms with E-state index in [1.165, 1.54) is 9.36 Å². The number of carbonyl (C=O) groups excluding carboxylic acids is 1. The summed E-state index contributed by atoms with van der Waals surface area (Å²) in [6.07, 6.45) is 4.34. The van der Waals surface area contributed by atoms with Gasteiger partial charge in [-0.2, -0.15) is 10.2 Å². The Morgan fingerprint density at radius 2 is 2.24 bits per heavy atom. The van der Waals surface area contributed by atoms with Crippen molar-refractivity contribution in [3.8, 4) is 0 Å². The lowest BCUT2D eigenvalue weighted by atomic mass is 10.2. The van der Waals surface area contributed by atoms with Crippen molar-refractivity contribution < 1.29 is 4.79 Å². The smallest absolute Gasteiger partial charge is 0.306 e. The summed E-state index contributed by atoms with van der Waals surface area (Å²) in [5.74, 6) is 0.643. The third-order valence-electron chi connectivity index (χ3n) is 3.37. The van der Waals surface area contributed by atoms with E-state index < -0.39 is 0 Å². The molecule has 1 aliphatic rings. The molecule has 0 radical (unpaired) electrons. The molecule has 0 saturated heterocycles. The van der Waals surface area contributed by atoms with Gasteiger partial charge in [0.1, 0.15) is 17.4 Å². The first kappa shape index (κ1) is 13.9. The van der Waals surface area contributed by atoms with E-state index in [2.05, 4.69) is 15.5 Å². The zero-order valence-corrected chi connectivity index (χ0v) is 12.3. The number of amides is 1. The van der Waals surface area contributed by atoms with Gasteiger partial charge in [0.2, 0.25) is 5.91 Å². The Kier molecular flexibility index (Phi) is 3.54. The standard InChI is InChI=1S/C12H15ClN6O2/c1-17-6-8(13)11(16-17)14-10(20)7-19-12(21)18-5-3-2-4-9(18)15-19/h6H,2-5,7H2,1H3,(H,14,16,20). The fourth-order valence-corrected chi connectivity index (χ4v) is 2.63. The Morgan fingerprint density at radius 1 is 1.43 bits per heavy atom. The molecule has 2 aromatic heterocycles. The van der Waals surface area contributed by atoms with Crippen molar-refractivity contribution in [3.05, 3.63) is 27.5 Å². The van der Waals surface area contributed by atoms with Crippen LogP contribution in [0.25, 0.3) is 0 Å². The van der Waals surface area contributed by atoms with Gasteiger partial charge in [-0.25, -0.2) is 9.48 Å². The van der Waals surface area contributed by atoms with E-state index in [9.17, 15) is 9.59 Å². The highest BCUT2D eigenvalue weighted by molar-refractivity contribution is 6.33. The van der Waals surface area contributed by atoms with Crippen LogP contribution in [-0.2, 0) is 31.4 Å². The molecule has 0 saturated carbocycles. The molecular weight excluding hydrogens is 296 g/mol. The molecule has 2 aromatic rings. The number of fused-ring (bicyclic) bond motifs is 1. The van der Waals surface area contributed by atoms with Crippen LogP contribution in [-0.4, -0.2) is 30.0 Å². The average molecular weight is 311 g/mol. The maximum Gasteiger partial charge on any atom is 0.346 e. The second-order valence-electron chi connectivity index (χ2n) is 5.01. The largest absolute Gasteiger partial charge is 0.346 e. The number of nitrogens with zero attached hydrogens (tertiary/aromatic N) is 5. The first-order chi connectivity index (χ1) is 10.0. The summed E-state index contributed by atoms with van der Waals surface area (Å²) in [4.78, 5) is 24.1. The van der Waals surface area contributed by atoms with Gasteiger partial charge in [0, 0.05) is 26.2 Å². The third kappa shape index (κ3) is 2.71. The number of halogens is 1. The zero-order valence-electron chi connectivity index (χ0n) is 11.5. The van der Waals surface area contributed by atoms with Crippen LogP contribution in [0, 0.1) is 0 Å². The van der Waals surface area contributed by atoms with E-state index in [1.807, 2.05) is 0 Å². The van der Waals surface area contributed by atoms with E-state index in [1.54, 1.807) is 17.8 Å². The van der Waals surface area contributed by atoms with Crippen molar-refractivity contribution in [1.82, 2.24) is 24.1 Å². The van der Waals surface area contributed by atoms with Crippen molar-refractivity contribution >= 4 is 23.3 Å². The summed E-state index contributed by atoms with van der Waals surface area (Å²) >= 11 is 5.92. The van der Waals surface area contributed by atoms with Crippen molar-refractivity contribution in [2.75, 3.05) is 5.32 Å². The molecule has 21 heavy (non-hydrogen) atoms. The summed E-state index contributed by atoms with van der Waals surface area (Å²) in [5, 5.41) is 11.2. The molecule has 0 atom stereocenters. The fraction of sp³-hybridized carbons (Fsp3) is 0.500. The Hall–Kier alpha value is -2.09. The minimum atomic E-state index is -0.381. The van der Waals surface area contributed by atoms with Crippen LogP contribution < -0.4 is 11.0 Å². The van der Waals surface area contributed by atoms with Crippen LogP contribution >= 0.6 is 11.6 Å². The summed E-state index contributed by atoms with van der Waals surface area (Å²) in [5.41, 5.74) is -0.244. The molecule has 3 heterocycles. The number of aromatic nitrogens is 5. The monoisotopic (exact) mass is 310 g/mol. The number of aryl methyl sites for hydroxylation is 2. The van der Waals surface area contributed by atoms with E-state index in [0.29, 0.717) is 11.6 Å². The number of nitrogens with one attached hydrogen (secondary N) is 1. The van der Waals surface area contributed by atoms with Crippen LogP contribution in [0.4, 0.5) is 5.82 Å². The van der Waals surface area contributed by atoms with Crippen molar-refractivity contribution in [2.45, 2.75) is 32.4 Å². The number of rotatable bonds is 3. The SMILES string of the molecule is Cn1cc(Cl)c(NC(=O)Cn2nc3n(c2=O)CCCC3)n1. The number of carbonyl (C=O) groups is 1. The molecule has 112 valence electrons. The van der Waals surface area contributed by atoms with E-state index >= 15 is 0 Å². The molecule has 0 bridgehead atoms. The van der Waals surface area contributed by atoms with Gasteiger partial charge < -0.3 is 5.32 Å². The second kappa shape index (κ2) is 5.36. The van der Waals surface area contributed by atoms with Gasteiger partial charge in [-0.1, -0.05) is 11.6 Å². The molecule has 0 aromatic carbocycles. The van der Waals surface area contributed by atoms with Gasteiger partial charge in [-0.3, -0.25) is 14.0 Å². The van der Waals surface area contributed by atoms with Gasteiger partial charge in [0.05, 0.1) is 0 Å². The number of anilines is 1. The lowest BCUT2D eigenvalue weighted by Gasteiger charge is -2.09. The predicted octanol–water partition coefficient (Wildman–Crippen LogP) is 0.407. The molecule has 0 spiro atoms. The quantitative estimate of drug-likeness (QED) is 0.889. The lowest BCUT2D eigenvalue weighted by Crippen LogP contribution is -2.31. The maximum absolute atomic E-state index is 12.1. The Labute approximate surface area is 125 Å². The van der Waals surface area contributed by atoms with E-state index in [0.717, 1.165) is 25.1 Å². The summed E-state index contributed by atoms with van der Waals surface area (Å²) in [6, 6.07) is 0. The van der Waals surface area contributed by atoms with Gasteiger partial charge >= 0.3 is 5.69 Å². The first-order valence-corrected chi connectivity index (χ1v) is 7.08. The van der Waals surface area contributed by atoms with Crippen LogP contribution in [0.3, 0.4) is 0 Å². The maximum atomic E-state index is 12.1. The fourth-order valence-electron chi connectivity index (χ4n) is 2.40. The van der Waals surface area contributed by atoms with Gasteiger partial charge in [0.15, 0.2) is 5.82 Å². The lowest BCUT2D eigenvalue weighted by molar-refractivity contribution is -0.117. The first-order valence-electron chi connectivity index (χ1n) is 6.70. The molecule has 8 nitrogen and oxygen atoms in total. The predicted molar refractivity (Wildman–Crippen MR) is 76.3 cm³/mol. The molecule has 0 fully saturated rings. The zero-order chi connectivity index (χ0) is 15.0. The van der Waals surface area contributed by atoms with Gasteiger partial charge in [-0.15, -0.1) is 0 Å². The van der Waals surface area contributed by atoms with Crippen molar-refractivity contribution in [2.24, 2.45) is 7.05 Å². The highest BCUT2D eigenvalue weighted by Crippen LogP contribution is 2.18. The van der Waals surface area contributed by atoms with E-state index in [-0.39, 0.29) is 24.0 Å². The molecule has 3 rings (SSSR count). The average Bonchev–Trinajstić information content (AvgIpc) is 2.91. The Balaban J connectivity index is 1.75.